The Morgan fingerprint density at radius 3 is 2.59 bits per heavy atom. The standard InChI is InChI=1S/C22H26ClN3O5S/c1-15-14-32(29,30)26(22(15)28)16-7-8-17(18(23)12-16)21(27)24-13-19(20-6-5-11-31-20)25-9-3-2-4-10-25/h5-8,11-12,15,19H,2-4,9-10,13-14H2,1H3,(H,24,27). The van der Waals surface area contributed by atoms with Gasteiger partial charge in [-0.3, -0.25) is 14.5 Å². The third kappa shape index (κ3) is 4.55. The molecule has 10 heteroatoms. The number of benzene rings is 1. The number of hydrogen-bond acceptors (Lipinski definition) is 6. The van der Waals surface area contributed by atoms with Crippen molar-refractivity contribution in [3.8, 4) is 0 Å². The summed E-state index contributed by atoms with van der Waals surface area (Å²) in [5.74, 6) is -0.938. The van der Waals surface area contributed by atoms with Crippen LogP contribution in [-0.4, -0.2) is 50.5 Å². The minimum absolute atomic E-state index is 0.0788. The molecule has 3 heterocycles. The molecule has 0 spiro atoms. The van der Waals surface area contributed by atoms with E-state index in [-0.39, 0.29) is 34.0 Å². The molecular formula is C22H26ClN3O5S. The summed E-state index contributed by atoms with van der Waals surface area (Å²) in [7, 11) is -3.74. The molecule has 2 aliphatic heterocycles. The van der Waals surface area contributed by atoms with Crippen LogP contribution in [0.3, 0.4) is 0 Å². The van der Waals surface area contributed by atoms with Crippen molar-refractivity contribution in [1.82, 2.24) is 10.2 Å². The Balaban J connectivity index is 1.49. The largest absolute Gasteiger partial charge is 0.468 e. The van der Waals surface area contributed by atoms with Gasteiger partial charge in [0, 0.05) is 6.54 Å². The molecule has 0 radical (unpaired) electrons. The summed E-state index contributed by atoms with van der Waals surface area (Å²) in [6.45, 7) is 3.79. The Kier molecular flexibility index (Phi) is 6.60. The van der Waals surface area contributed by atoms with Gasteiger partial charge in [-0.2, -0.15) is 0 Å². The van der Waals surface area contributed by atoms with Crippen LogP contribution in [0.25, 0.3) is 0 Å². The maximum absolute atomic E-state index is 12.9. The van der Waals surface area contributed by atoms with Gasteiger partial charge in [0.15, 0.2) is 0 Å². The minimum atomic E-state index is -3.74. The van der Waals surface area contributed by atoms with Gasteiger partial charge in [-0.25, -0.2) is 12.7 Å². The van der Waals surface area contributed by atoms with Crippen molar-refractivity contribution in [1.29, 1.82) is 0 Å². The molecule has 2 saturated heterocycles. The Morgan fingerprint density at radius 2 is 2.00 bits per heavy atom. The summed E-state index contributed by atoms with van der Waals surface area (Å²) in [5, 5.41) is 3.00. The highest BCUT2D eigenvalue weighted by Crippen LogP contribution is 2.31. The lowest BCUT2D eigenvalue weighted by Crippen LogP contribution is -2.40. The van der Waals surface area contributed by atoms with Crippen molar-refractivity contribution in [3.05, 3.63) is 52.9 Å². The van der Waals surface area contributed by atoms with Gasteiger partial charge < -0.3 is 9.73 Å². The fraction of sp³-hybridized carbons (Fsp3) is 0.455. The predicted octanol–water partition coefficient (Wildman–Crippen LogP) is 3.20. The SMILES string of the molecule is CC1CS(=O)(=O)N(c2ccc(C(=O)NCC(c3ccco3)N3CCCCC3)c(Cl)c2)C1=O. The first-order valence-electron chi connectivity index (χ1n) is 10.7. The first-order valence-corrected chi connectivity index (χ1v) is 12.7. The number of likely N-dealkylation sites (tertiary alicyclic amines) is 1. The predicted molar refractivity (Wildman–Crippen MR) is 121 cm³/mol. The second kappa shape index (κ2) is 9.25. The molecule has 8 nitrogen and oxygen atoms in total. The molecule has 2 amide bonds. The van der Waals surface area contributed by atoms with Crippen molar-refractivity contribution in [3.63, 3.8) is 0 Å². The van der Waals surface area contributed by atoms with Crippen molar-refractivity contribution in [2.45, 2.75) is 32.2 Å². The number of rotatable bonds is 6. The lowest BCUT2D eigenvalue weighted by molar-refractivity contribution is -0.119. The normalized spacial score (nSPS) is 22.1. The maximum atomic E-state index is 12.9. The molecule has 2 aliphatic rings. The van der Waals surface area contributed by atoms with Gasteiger partial charge in [0.25, 0.3) is 5.91 Å². The zero-order valence-corrected chi connectivity index (χ0v) is 19.4. The van der Waals surface area contributed by atoms with Gasteiger partial charge in [-0.1, -0.05) is 24.9 Å². The van der Waals surface area contributed by atoms with Crippen molar-refractivity contribution in [2.24, 2.45) is 5.92 Å². The molecule has 32 heavy (non-hydrogen) atoms. The Morgan fingerprint density at radius 1 is 1.25 bits per heavy atom. The fourth-order valence-electron chi connectivity index (χ4n) is 4.31. The summed E-state index contributed by atoms with van der Waals surface area (Å²) >= 11 is 6.32. The van der Waals surface area contributed by atoms with Gasteiger partial charge in [-0.05, 0) is 56.3 Å². The van der Waals surface area contributed by atoms with E-state index in [9.17, 15) is 18.0 Å². The van der Waals surface area contributed by atoms with E-state index in [4.69, 9.17) is 16.0 Å². The van der Waals surface area contributed by atoms with Gasteiger partial charge in [0.05, 0.1) is 40.2 Å². The zero-order chi connectivity index (χ0) is 22.9. The molecule has 0 aliphatic carbocycles. The molecule has 1 aromatic heterocycles. The highest BCUT2D eigenvalue weighted by Gasteiger charge is 2.42. The van der Waals surface area contributed by atoms with E-state index in [0.717, 1.165) is 36.0 Å². The molecular weight excluding hydrogens is 454 g/mol. The molecule has 0 saturated carbocycles. The van der Waals surface area contributed by atoms with Crippen LogP contribution in [0, 0.1) is 5.92 Å². The summed E-state index contributed by atoms with van der Waals surface area (Å²) in [6, 6.07) is 7.88. The van der Waals surface area contributed by atoms with Crippen LogP contribution in [0.5, 0.6) is 0 Å². The van der Waals surface area contributed by atoms with Gasteiger partial charge in [0.1, 0.15) is 5.76 Å². The topological polar surface area (TPSA) is 99.9 Å². The Labute approximate surface area is 192 Å². The number of carbonyl (C=O) groups excluding carboxylic acids is 2. The van der Waals surface area contributed by atoms with Gasteiger partial charge >= 0.3 is 0 Å². The van der Waals surface area contributed by atoms with Gasteiger partial charge in [0.2, 0.25) is 15.9 Å². The van der Waals surface area contributed by atoms with E-state index in [1.54, 1.807) is 13.2 Å². The number of halogens is 1. The number of nitrogens with zero attached hydrogens (tertiary/aromatic N) is 2. The van der Waals surface area contributed by atoms with E-state index in [1.807, 2.05) is 12.1 Å². The molecule has 1 aromatic carbocycles. The number of hydrogen-bond donors (Lipinski definition) is 1. The summed E-state index contributed by atoms with van der Waals surface area (Å²) in [6.07, 6.45) is 5.03. The van der Waals surface area contributed by atoms with Crippen LogP contribution in [0.2, 0.25) is 5.02 Å². The molecule has 1 N–H and O–H groups in total. The fourth-order valence-corrected chi connectivity index (χ4v) is 6.38. The smallest absolute Gasteiger partial charge is 0.252 e. The van der Waals surface area contributed by atoms with Crippen LogP contribution in [0.4, 0.5) is 5.69 Å². The monoisotopic (exact) mass is 479 g/mol. The lowest BCUT2D eigenvalue weighted by Gasteiger charge is -2.33. The first-order chi connectivity index (χ1) is 15.3. The number of amides is 2. The van der Waals surface area contributed by atoms with E-state index in [1.165, 1.54) is 24.6 Å². The number of furan rings is 1. The maximum Gasteiger partial charge on any atom is 0.252 e. The average molecular weight is 480 g/mol. The molecule has 2 unspecified atom stereocenters. The van der Waals surface area contributed by atoms with Crippen LogP contribution >= 0.6 is 11.6 Å². The highest BCUT2D eigenvalue weighted by atomic mass is 35.5. The number of piperidine rings is 1. The van der Waals surface area contributed by atoms with Crippen LogP contribution in [0.1, 0.15) is 48.3 Å². The minimum Gasteiger partial charge on any atom is -0.468 e. The third-order valence-electron chi connectivity index (χ3n) is 5.95. The van der Waals surface area contributed by atoms with Crippen LogP contribution in [-0.2, 0) is 14.8 Å². The van der Waals surface area contributed by atoms with E-state index in [2.05, 4.69) is 10.2 Å². The molecule has 2 fully saturated rings. The second-order valence-electron chi connectivity index (χ2n) is 8.28. The molecule has 0 bridgehead atoms. The average Bonchev–Trinajstić information content (AvgIpc) is 3.35. The number of sulfonamides is 1. The molecule has 172 valence electrons. The summed E-state index contributed by atoms with van der Waals surface area (Å²) in [4.78, 5) is 27.5. The summed E-state index contributed by atoms with van der Waals surface area (Å²) in [5.41, 5.74) is 0.354. The highest BCUT2D eigenvalue weighted by molar-refractivity contribution is 7.94. The quantitative estimate of drug-likeness (QED) is 0.683. The second-order valence-corrected chi connectivity index (χ2v) is 10.6. The number of anilines is 1. The Hall–Kier alpha value is -2.36. The lowest BCUT2D eigenvalue weighted by atomic mass is 10.1. The zero-order valence-electron chi connectivity index (χ0n) is 17.8. The molecule has 2 atom stereocenters. The van der Waals surface area contributed by atoms with Crippen LogP contribution < -0.4 is 9.62 Å². The first kappa shape index (κ1) is 22.8. The van der Waals surface area contributed by atoms with Crippen molar-refractivity contribution in [2.75, 3.05) is 29.7 Å². The van der Waals surface area contributed by atoms with Crippen molar-refractivity contribution >= 4 is 39.1 Å². The van der Waals surface area contributed by atoms with Crippen molar-refractivity contribution < 1.29 is 22.4 Å². The summed E-state index contributed by atoms with van der Waals surface area (Å²) < 4.78 is 31.0. The van der Waals surface area contributed by atoms with E-state index < -0.39 is 21.8 Å². The van der Waals surface area contributed by atoms with Crippen LogP contribution in [0.15, 0.2) is 41.0 Å². The number of nitrogens with one attached hydrogen (secondary N) is 1. The third-order valence-corrected chi connectivity index (χ3v) is 8.13. The Bertz CT molecular complexity index is 1100. The van der Waals surface area contributed by atoms with E-state index in [0.29, 0.717) is 6.54 Å². The van der Waals surface area contributed by atoms with Gasteiger partial charge in [-0.15, -0.1) is 0 Å². The number of carbonyl (C=O) groups is 2. The molecule has 2 aromatic rings. The molecule has 4 rings (SSSR count). The van der Waals surface area contributed by atoms with E-state index >= 15 is 0 Å².